The summed E-state index contributed by atoms with van der Waals surface area (Å²) < 4.78 is 0. The van der Waals surface area contributed by atoms with Crippen molar-refractivity contribution in [2.75, 3.05) is 0 Å². The van der Waals surface area contributed by atoms with Crippen LogP contribution in [0.1, 0.15) is 89.5 Å². The number of unbranched alkanes of at least 4 members (excludes halogenated alkanes) is 8. The summed E-state index contributed by atoms with van der Waals surface area (Å²) in [4.78, 5) is 0. The molecule has 3 heteroatoms. The fraction of sp³-hybridized carbons (Fsp3) is 0.652. The molecule has 1 atom stereocenters. The molecule has 1 aromatic carbocycles. The van der Waals surface area contributed by atoms with Gasteiger partial charge in [-0.25, -0.2) is 0 Å². The zero-order valence-corrected chi connectivity index (χ0v) is 16.5. The molecule has 0 heterocycles. The highest BCUT2D eigenvalue weighted by molar-refractivity contribution is 5.36. The molecule has 0 radical (unpaired) electrons. The Bertz CT molecular complexity index is 476. The van der Waals surface area contributed by atoms with Gasteiger partial charge in [-0.1, -0.05) is 64.0 Å². The van der Waals surface area contributed by atoms with Gasteiger partial charge in [0.15, 0.2) is 0 Å². The summed E-state index contributed by atoms with van der Waals surface area (Å²) in [6, 6.07) is 4.81. The second-order valence-corrected chi connectivity index (χ2v) is 7.37. The molecule has 0 saturated heterocycles. The number of hydrogen-bond acceptors (Lipinski definition) is 3. The van der Waals surface area contributed by atoms with E-state index in [4.69, 9.17) is 0 Å². The van der Waals surface area contributed by atoms with E-state index in [2.05, 4.69) is 19.1 Å². The number of allylic oxidation sites excluding steroid dienone is 1. The van der Waals surface area contributed by atoms with Crippen molar-refractivity contribution >= 4 is 0 Å². The first-order chi connectivity index (χ1) is 12.6. The third-order valence-corrected chi connectivity index (χ3v) is 4.76. The normalized spacial score (nSPS) is 12.7. The lowest BCUT2D eigenvalue weighted by atomic mass is 10.0. The molecule has 0 bridgehead atoms. The van der Waals surface area contributed by atoms with Gasteiger partial charge in [0.2, 0.25) is 0 Å². The zero-order chi connectivity index (χ0) is 19.0. The van der Waals surface area contributed by atoms with Gasteiger partial charge in [-0.15, -0.1) is 0 Å². The standard InChI is InChI=1S/C23H38O3/c1-2-3-4-12-15-21(24)16-13-10-8-6-5-7-9-11-14-20-17-22(25)19-23(26)18-20/h10,13,17-19,21,24-26H,2-9,11-12,14-16H2,1H3. The van der Waals surface area contributed by atoms with Crippen molar-refractivity contribution in [2.24, 2.45) is 0 Å². The van der Waals surface area contributed by atoms with Gasteiger partial charge in [0.25, 0.3) is 0 Å². The average molecular weight is 363 g/mol. The highest BCUT2D eigenvalue weighted by atomic mass is 16.3. The number of aryl methyl sites for hydroxylation is 1. The topological polar surface area (TPSA) is 60.7 Å². The van der Waals surface area contributed by atoms with Crippen LogP contribution in [0.2, 0.25) is 0 Å². The van der Waals surface area contributed by atoms with Crippen LogP contribution in [0.3, 0.4) is 0 Å². The molecule has 0 spiro atoms. The molecular weight excluding hydrogens is 324 g/mol. The fourth-order valence-corrected chi connectivity index (χ4v) is 3.22. The van der Waals surface area contributed by atoms with Crippen molar-refractivity contribution in [1.82, 2.24) is 0 Å². The maximum Gasteiger partial charge on any atom is 0.119 e. The summed E-state index contributed by atoms with van der Waals surface area (Å²) in [6.45, 7) is 2.21. The first-order valence-electron chi connectivity index (χ1n) is 10.5. The van der Waals surface area contributed by atoms with Crippen LogP contribution in [0.25, 0.3) is 0 Å². The number of phenolic OH excluding ortho intramolecular Hbond substituents is 2. The van der Waals surface area contributed by atoms with E-state index in [0.29, 0.717) is 0 Å². The van der Waals surface area contributed by atoms with Gasteiger partial charge in [-0.05, 0) is 56.2 Å². The first-order valence-corrected chi connectivity index (χ1v) is 10.5. The van der Waals surface area contributed by atoms with Gasteiger partial charge < -0.3 is 15.3 Å². The molecular formula is C23H38O3. The molecule has 1 aromatic rings. The van der Waals surface area contributed by atoms with E-state index in [-0.39, 0.29) is 17.6 Å². The van der Waals surface area contributed by atoms with Crippen molar-refractivity contribution in [3.8, 4) is 11.5 Å². The lowest BCUT2D eigenvalue weighted by Gasteiger charge is -2.07. The number of rotatable bonds is 15. The quantitative estimate of drug-likeness (QED) is 0.255. The van der Waals surface area contributed by atoms with E-state index in [9.17, 15) is 15.3 Å². The Morgan fingerprint density at radius 2 is 1.46 bits per heavy atom. The van der Waals surface area contributed by atoms with E-state index in [1.165, 1.54) is 51.0 Å². The van der Waals surface area contributed by atoms with Gasteiger partial charge in [-0.3, -0.25) is 0 Å². The Balaban J connectivity index is 1.94. The lowest BCUT2D eigenvalue weighted by Crippen LogP contribution is -2.04. The Morgan fingerprint density at radius 1 is 0.808 bits per heavy atom. The number of aliphatic hydroxyl groups is 1. The van der Waals surface area contributed by atoms with Crippen LogP contribution < -0.4 is 0 Å². The maximum absolute atomic E-state index is 9.89. The molecule has 3 nitrogen and oxygen atoms in total. The summed E-state index contributed by atoms with van der Waals surface area (Å²) in [5, 5.41) is 28.8. The summed E-state index contributed by atoms with van der Waals surface area (Å²) in [7, 11) is 0. The second kappa shape index (κ2) is 14.7. The SMILES string of the molecule is CCCCCCC(O)CC=CCCCCCCCc1cc(O)cc(O)c1. The minimum absolute atomic E-state index is 0.137. The number of aromatic hydroxyl groups is 2. The van der Waals surface area contributed by atoms with E-state index in [1.807, 2.05) is 0 Å². The Morgan fingerprint density at radius 3 is 2.19 bits per heavy atom. The van der Waals surface area contributed by atoms with E-state index < -0.39 is 0 Å². The number of hydrogen-bond donors (Lipinski definition) is 3. The van der Waals surface area contributed by atoms with Crippen LogP contribution >= 0.6 is 0 Å². The van der Waals surface area contributed by atoms with Crippen LogP contribution in [0.4, 0.5) is 0 Å². The van der Waals surface area contributed by atoms with Crippen molar-refractivity contribution in [3.05, 3.63) is 35.9 Å². The molecule has 0 aliphatic heterocycles. The molecule has 0 amide bonds. The van der Waals surface area contributed by atoms with Crippen molar-refractivity contribution < 1.29 is 15.3 Å². The van der Waals surface area contributed by atoms with Crippen LogP contribution in [0, 0.1) is 0 Å². The maximum atomic E-state index is 9.89. The smallest absolute Gasteiger partial charge is 0.119 e. The molecule has 0 aliphatic rings. The zero-order valence-electron chi connectivity index (χ0n) is 16.5. The molecule has 0 saturated carbocycles. The summed E-state index contributed by atoms with van der Waals surface area (Å²) >= 11 is 0. The Labute approximate surface area is 159 Å². The number of phenols is 2. The predicted octanol–water partition coefficient (Wildman–Crippen LogP) is 6.26. The van der Waals surface area contributed by atoms with Crippen LogP contribution in [-0.2, 0) is 6.42 Å². The summed E-state index contributed by atoms with van der Waals surface area (Å²) in [5.74, 6) is 0.274. The number of aliphatic hydroxyl groups excluding tert-OH is 1. The minimum Gasteiger partial charge on any atom is -0.508 e. The minimum atomic E-state index is -0.167. The van der Waals surface area contributed by atoms with Gasteiger partial charge in [0.1, 0.15) is 11.5 Å². The molecule has 1 unspecified atom stereocenters. The third-order valence-electron chi connectivity index (χ3n) is 4.76. The van der Waals surface area contributed by atoms with Crippen molar-refractivity contribution in [1.29, 1.82) is 0 Å². The van der Waals surface area contributed by atoms with E-state index in [0.717, 1.165) is 44.1 Å². The van der Waals surface area contributed by atoms with Gasteiger partial charge in [0, 0.05) is 6.07 Å². The highest BCUT2D eigenvalue weighted by Gasteiger charge is 2.01. The van der Waals surface area contributed by atoms with Crippen molar-refractivity contribution in [3.63, 3.8) is 0 Å². The fourth-order valence-electron chi connectivity index (χ4n) is 3.22. The molecule has 3 N–H and O–H groups in total. The Hall–Kier alpha value is -1.48. The van der Waals surface area contributed by atoms with E-state index in [1.54, 1.807) is 12.1 Å². The van der Waals surface area contributed by atoms with Crippen LogP contribution in [-0.4, -0.2) is 21.4 Å². The first kappa shape index (κ1) is 22.6. The molecule has 0 fully saturated rings. The van der Waals surface area contributed by atoms with Crippen molar-refractivity contribution in [2.45, 2.75) is 96.5 Å². The monoisotopic (exact) mass is 362 g/mol. The summed E-state index contributed by atoms with van der Waals surface area (Å²) in [6.07, 6.45) is 18.7. The highest BCUT2D eigenvalue weighted by Crippen LogP contribution is 2.22. The number of benzene rings is 1. The molecule has 148 valence electrons. The van der Waals surface area contributed by atoms with Gasteiger partial charge >= 0.3 is 0 Å². The molecule has 0 aromatic heterocycles. The molecule has 1 rings (SSSR count). The van der Waals surface area contributed by atoms with Crippen LogP contribution in [0.15, 0.2) is 30.4 Å². The lowest BCUT2D eigenvalue weighted by molar-refractivity contribution is 0.163. The van der Waals surface area contributed by atoms with Crippen LogP contribution in [0.5, 0.6) is 11.5 Å². The predicted molar refractivity (Wildman–Crippen MR) is 110 cm³/mol. The van der Waals surface area contributed by atoms with Gasteiger partial charge in [0.05, 0.1) is 6.10 Å². The average Bonchev–Trinajstić information content (AvgIpc) is 2.59. The van der Waals surface area contributed by atoms with E-state index >= 15 is 0 Å². The molecule has 0 aliphatic carbocycles. The largest absolute Gasteiger partial charge is 0.508 e. The summed E-state index contributed by atoms with van der Waals surface area (Å²) in [5.41, 5.74) is 0.999. The molecule has 26 heavy (non-hydrogen) atoms. The van der Waals surface area contributed by atoms with Gasteiger partial charge in [-0.2, -0.15) is 0 Å². The Kier molecular flexibility index (Phi) is 12.7. The second-order valence-electron chi connectivity index (χ2n) is 7.37. The third kappa shape index (κ3) is 12.0.